The van der Waals surface area contributed by atoms with Crippen molar-refractivity contribution in [3.63, 3.8) is 0 Å². The summed E-state index contributed by atoms with van der Waals surface area (Å²) in [6.07, 6.45) is 0. The normalized spacial score (nSPS) is 16.2. The fourth-order valence-corrected chi connectivity index (χ4v) is 9.22. The van der Waals surface area contributed by atoms with Gasteiger partial charge < -0.3 is 9.32 Å². The van der Waals surface area contributed by atoms with E-state index >= 15 is 0 Å². The lowest BCUT2D eigenvalue weighted by atomic mass is 9.67. The van der Waals surface area contributed by atoms with Crippen LogP contribution >= 0.6 is 0 Å². The molecule has 2 nitrogen and oxygen atoms in total. The number of rotatable bonds is 5. The molecule has 0 unspecified atom stereocenters. The van der Waals surface area contributed by atoms with E-state index in [9.17, 15) is 4.11 Å². The van der Waals surface area contributed by atoms with Gasteiger partial charge in [-0.1, -0.05) is 153 Å². The molecule has 1 heterocycles. The van der Waals surface area contributed by atoms with E-state index < -0.39 is 23.5 Å². The molecule has 9 aromatic rings. The first-order valence-corrected chi connectivity index (χ1v) is 18.3. The summed E-state index contributed by atoms with van der Waals surface area (Å²) in [7, 11) is 0. The third-order valence-corrected chi connectivity index (χ3v) is 11.6. The van der Waals surface area contributed by atoms with E-state index in [0.717, 1.165) is 50.1 Å². The molecule has 0 amide bonds. The van der Waals surface area contributed by atoms with Gasteiger partial charge in [-0.15, -0.1) is 0 Å². The number of fused-ring (bicyclic) bond motifs is 9. The number of hydrogen-bond acceptors (Lipinski definition) is 2. The van der Waals surface area contributed by atoms with Crippen molar-refractivity contribution in [2.45, 2.75) is 24.7 Å². The van der Waals surface area contributed by atoms with Crippen molar-refractivity contribution in [1.29, 1.82) is 0 Å². The van der Waals surface area contributed by atoms with Gasteiger partial charge in [-0.25, -0.2) is 0 Å². The van der Waals surface area contributed by atoms with Crippen LogP contribution < -0.4 is 4.90 Å². The Bertz CT molecular complexity index is 3280. The highest BCUT2D eigenvalue weighted by Gasteiger charge is 2.46. The average molecular weight is 699 g/mol. The van der Waals surface area contributed by atoms with Crippen molar-refractivity contribution in [2.75, 3.05) is 4.90 Å². The number of furan rings is 1. The van der Waals surface area contributed by atoms with Crippen molar-refractivity contribution >= 4 is 39.0 Å². The van der Waals surface area contributed by atoms with Crippen LogP contribution in [0.15, 0.2) is 192 Å². The van der Waals surface area contributed by atoms with E-state index in [1.807, 2.05) is 35.2 Å². The Morgan fingerprint density at radius 3 is 1.70 bits per heavy atom. The summed E-state index contributed by atoms with van der Waals surface area (Å²) in [5, 5.41) is 0.0798. The average Bonchev–Trinajstić information content (AvgIpc) is 3.91. The van der Waals surface area contributed by atoms with Crippen molar-refractivity contribution in [3.8, 4) is 22.3 Å². The molecule has 2 aliphatic rings. The van der Waals surface area contributed by atoms with Crippen LogP contribution in [0.4, 0.5) is 17.1 Å². The molecule has 1 aromatic heterocycles. The summed E-state index contributed by atoms with van der Waals surface area (Å²) >= 11 is 0. The van der Waals surface area contributed by atoms with E-state index in [1.54, 1.807) is 0 Å². The van der Waals surface area contributed by atoms with Gasteiger partial charge in [0.15, 0.2) is 0 Å². The van der Waals surface area contributed by atoms with Gasteiger partial charge in [0.2, 0.25) is 0 Å². The number of hydrogen-bond donors (Lipinski definition) is 0. The second-order valence-corrected chi connectivity index (χ2v) is 14.7. The van der Waals surface area contributed by atoms with Gasteiger partial charge in [-0.2, -0.15) is 0 Å². The SMILES string of the molecule is [2H]c1c([2H])c([2H])c2c(oc3c([2H])c([2H])c(N(c4ccc5c(c4)C(C)(C)c4ccccc4-5)c4ccc5c(c4)C(c4ccccc4)(c4ccccc4)c4ccccc4-5)c([2H])c32)c1[2H]. The maximum Gasteiger partial charge on any atom is 0.135 e. The molecule has 0 atom stereocenters. The van der Waals surface area contributed by atoms with Gasteiger partial charge in [0.25, 0.3) is 0 Å². The number of anilines is 3. The fraction of sp³-hybridized carbons (Fsp3) is 0.0769. The molecule has 0 saturated carbocycles. The van der Waals surface area contributed by atoms with Crippen molar-refractivity contribution in [3.05, 3.63) is 221 Å². The van der Waals surface area contributed by atoms with Gasteiger partial charge in [0.05, 0.1) is 15.0 Å². The van der Waals surface area contributed by atoms with E-state index in [2.05, 4.69) is 129 Å². The smallest absolute Gasteiger partial charge is 0.135 e. The summed E-state index contributed by atoms with van der Waals surface area (Å²) in [5.74, 6) is 0. The molecule has 2 heteroatoms. The van der Waals surface area contributed by atoms with Crippen molar-refractivity contribution < 1.29 is 14.0 Å². The molecule has 0 bridgehead atoms. The Balaban J connectivity index is 1.25. The molecule has 0 fully saturated rings. The number of nitrogens with zero attached hydrogens (tertiary/aromatic N) is 1. The lowest BCUT2D eigenvalue weighted by Crippen LogP contribution is -2.28. The zero-order chi connectivity index (χ0) is 42.1. The molecule has 2 aliphatic carbocycles. The second kappa shape index (κ2) is 11.4. The van der Waals surface area contributed by atoms with Crippen LogP contribution in [-0.2, 0) is 10.8 Å². The molecule has 0 spiro atoms. The molecule has 0 saturated heterocycles. The summed E-state index contributed by atoms with van der Waals surface area (Å²) in [6, 6.07) is 48.0. The fourth-order valence-electron chi connectivity index (χ4n) is 9.22. The highest BCUT2D eigenvalue weighted by atomic mass is 16.3. The Hall–Kier alpha value is -6.64. The highest BCUT2D eigenvalue weighted by Crippen LogP contribution is 2.58. The van der Waals surface area contributed by atoms with E-state index in [0.29, 0.717) is 11.4 Å². The lowest BCUT2D eigenvalue weighted by Gasteiger charge is -2.35. The maximum absolute atomic E-state index is 9.98. The number of benzene rings is 8. The van der Waals surface area contributed by atoms with Gasteiger partial charge >= 0.3 is 0 Å². The zero-order valence-corrected chi connectivity index (χ0v) is 29.7. The molecule has 256 valence electrons. The third kappa shape index (κ3) is 4.22. The van der Waals surface area contributed by atoms with Gasteiger partial charge in [-0.05, 0) is 104 Å². The molecule has 54 heavy (non-hydrogen) atoms. The minimum Gasteiger partial charge on any atom is -0.456 e. The Kier molecular flexibility index (Phi) is 5.20. The van der Waals surface area contributed by atoms with Crippen LogP contribution in [0.5, 0.6) is 0 Å². The molecule has 0 N–H and O–H groups in total. The quantitative estimate of drug-likeness (QED) is 0.178. The maximum atomic E-state index is 9.98. The molecule has 8 aromatic carbocycles. The van der Waals surface area contributed by atoms with E-state index in [1.165, 1.54) is 5.56 Å². The minimum absolute atomic E-state index is 0.0165. The van der Waals surface area contributed by atoms with Crippen molar-refractivity contribution in [2.24, 2.45) is 0 Å². The summed E-state index contributed by atoms with van der Waals surface area (Å²) < 4.78 is 69.5. The third-order valence-electron chi connectivity index (χ3n) is 11.6. The first-order valence-electron chi connectivity index (χ1n) is 21.8. The van der Waals surface area contributed by atoms with Crippen LogP contribution in [0.25, 0.3) is 44.2 Å². The molecule has 11 rings (SSSR count). The molecular weight excluding hydrogens is 655 g/mol. The van der Waals surface area contributed by atoms with Gasteiger partial charge in [0, 0.05) is 33.2 Å². The zero-order valence-electron chi connectivity index (χ0n) is 36.7. The standard InChI is InChI=1S/C52H37NO/c1-51(2)45-22-12-9-19-39(45)41-28-25-37(32-47(41)51)53(36-27-30-50-44(31-36)43-21-11-14-24-49(43)54-50)38-26-29-42-40-20-10-13-23-46(40)52(48(42)33-38,34-15-5-3-6-16-34)35-17-7-4-8-18-35/h3-33H,1-2H3/i11D,14D,21D,24D,27D,30D,31D. The Labute approximate surface area is 325 Å². The Morgan fingerprint density at radius 1 is 0.463 bits per heavy atom. The monoisotopic (exact) mass is 698 g/mol. The van der Waals surface area contributed by atoms with E-state index in [-0.39, 0.29) is 57.2 Å². The summed E-state index contributed by atoms with van der Waals surface area (Å²) in [4.78, 5) is 1.88. The second-order valence-electron chi connectivity index (χ2n) is 14.7. The van der Waals surface area contributed by atoms with E-state index in [4.69, 9.17) is 9.90 Å². The topological polar surface area (TPSA) is 16.4 Å². The van der Waals surface area contributed by atoms with Gasteiger partial charge in [-0.3, -0.25) is 0 Å². The molecular formula is C52H37NO. The Morgan fingerprint density at radius 2 is 1.00 bits per heavy atom. The lowest BCUT2D eigenvalue weighted by molar-refractivity contribution is 0.660. The summed E-state index contributed by atoms with van der Waals surface area (Å²) in [5.41, 5.74) is 11.1. The predicted molar refractivity (Wildman–Crippen MR) is 223 cm³/mol. The van der Waals surface area contributed by atoms with Crippen molar-refractivity contribution in [1.82, 2.24) is 0 Å². The molecule has 0 aliphatic heterocycles. The largest absolute Gasteiger partial charge is 0.456 e. The van der Waals surface area contributed by atoms with Gasteiger partial charge in [0.1, 0.15) is 11.2 Å². The predicted octanol–water partition coefficient (Wildman–Crippen LogP) is 13.7. The first kappa shape index (κ1) is 24.6. The van der Waals surface area contributed by atoms with Crippen LogP contribution in [0.3, 0.4) is 0 Å². The minimum atomic E-state index is -0.736. The van der Waals surface area contributed by atoms with Crippen LogP contribution in [0, 0.1) is 0 Å². The first-order chi connectivity index (χ1) is 29.5. The molecule has 0 radical (unpaired) electrons. The highest BCUT2D eigenvalue weighted by molar-refractivity contribution is 6.06. The van der Waals surface area contributed by atoms with Crippen LogP contribution in [0.2, 0.25) is 0 Å². The number of para-hydroxylation sites is 1. The summed E-state index contributed by atoms with van der Waals surface area (Å²) in [6.45, 7) is 4.41. The van der Waals surface area contributed by atoms with Crippen LogP contribution in [0.1, 0.15) is 56.8 Å². The van der Waals surface area contributed by atoms with Crippen LogP contribution in [-0.4, -0.2) is 0 Å².